The Hall–Kier alpha value is -1.70. The molecule has 0 aliphatic carbocycles. The molecule has 1 aromatic carbocycles. The number of H-pyrrole nitrogens is 1. The minimum atomic E-state index is -5.39. The summed E-state index contributed by atoms with van der Waals surface area (Å²) in [6.45, 7) is 0. The molecule has 2 rings (SSSR count). The minimum Gasteiger partial charge on any atom is -0.466 e. The summed E-state index contributed by atoms with van der Waals surface area (Å²) in [5.74, 6) is -1.99. The Morgan fingerprint density at radius 3 is 2.50 bits per heavy atom. The number of hydrogen-bond acceptors (Lipinski definition) is 3. The van der Waals surface area contributed by atoms with Crippen molar-refractivity contribution in [2.45, 2.75) is 16.1 Å². The van der Waals surface area contributed by atoms with Gasteiger partial charge >= 0.3 is 17.1 Å². The molecule has 0 spiro atoms. The van der Waals surface area contributed by atoms with E-state index in [1.165, 1.54) is 12.3 Å². The first kappa shape index (κ1) is 14.7. The lowest BCUT2D eigenvalue weighted by molar-refractivity contribution is -0.209. The Morgan fingerprint density at radius 1 is 1.25 bits per heavy atom. The van der Waals surface area contributed by atoms with Crippen LogP contribution in [0.25, 0.3) is 10.9 Å². The summed E-state index contributed by atoms with van der Waals surface area (Å²) in [6.07, 6.45) is -4.17. The van der Waals surface area contributed by atoms with Crippen LogP contribution in [0.3, 0.4) is 0 Å². The van der Waals surface area contributed by atoms with E-state index in [-0.39, 0.29) is 16.7 Å². The molecule has 0 bridgehead atoms. The van der Waals surface area contributed by atoms with E-state index in [2.05, 4.69) is 9.72 Å². The van der Waals surface area contributed by atoms with Gasteiger partial charge in [0.05, 0.1) is 7.11 Å². The maximum absolute atomic E-state index is 14.1. The summed E-state index contributed by atoms with van der Waals surface area (Å²) in [5.41, 5.74) is 0.546. The molecule has 20 heavy (non-hydrogen) atoms. The van der Waals surface area contributed by atoms with Crippen LogP contribution < -0.4 is 0 Å². The maximum atomic E-state index is 14.1. The van der Waals surface area contributed by atoms with Gasteiger partial charge in [-0.1, -0.05) is 30.0 Å². The standard InChI is InChI=1S/C12H9F4NO2S/c1-19-10(18)11(13,12(14,15)16)20-9-6-17-8-5-3-2-4-7(8)9/h2-6,17H,1H3/t11-/m0/s1. The number of hydrogen-bond donors (Lipinski definition) is 1. The highest BCUT2D eigenvalue weighted by atomic mass is 32.2. The number of para-hydroxylation sites is 1. The second kappa shape index (κ2) is 5.01. The molecule has 1 aromatic heterocycles. The van der Waals surface area contributed by atoms with Crippen LogP contribution in [0.2, 0.25) is 0 Å². The summed E-state index contributed by atoms with van der Waals surface area (Å²) < 4.78 is 56.6. The zero-order chi connectivity index (χ0) is 15.0. The molecule has 0 aliphatic heterocycles. The number of nitrogens with one attached hydrogen (secondary N) is 1. The molecule has 2 aromatic rings. The molecule has 1 N–H and O–H groups in total. The van der Waals surface area contributed by atoms with Gasteiger partial charge in [0, 0.05) is 22.0 Å². The van der Waals surface area contributed by atoms with Crippen LogP contribution in [0.1, 0.15) is 0 Å². The zero-order valence-corrected chi connectivity index (χ0v) is 10.9. The summed E-state index contributed by atoms with van der Waals surface area (Å²) in [4.78, 5) is 13.9. The summed E-state index contributed by atoms with van der Waals surface area (Å²) in [5, 5.41) is -3.75. The highest BCUT2D eigenvalue weighted by molar-refractivity contribution is 8.01. The van der Waals surface area contributed by atoms with Crippen LogP contribution in [-0.4, -0.2) is 29.2 Å². The Labute approximate surface area is 115 Å². The molecule has 0 saturated carbocycles. The number of aromatic nitrogens is 1. The zero-order valence-electron chi connectivity index (χ0n) is 10.1. The molecule has 8 heteroatoms. The largest absolute Gasteiger partial charge is 0.466 e. The number of thioether (sulfide) groups is 1. The van der Waals surface area contributed by atoms with Gasteiger partial charge in [0.25, 0.3) is 0 Å². The van der Waals surface area contributed by atoms with Crippen LogP contribution in [0.5, 0.6) is 0 Å². The second-order valence-corrected chi connectivity index (χ2v) is 5.09. The number of ether oxygens (including phenoxy) is 1. The monoisotopic (exact) mass is 307 g/mol. The van der Waals surface area contributed by atoms with Crippen molar-refractivity contribution in [3.05, 3.63) is 30.5 Å². The Kier molecular flexibility index (Phi) is 3.68. The van der Waals surface area contributed by atoms with Gasteiger partial charge in [-0.15, -0.1) is 0 Å². The fourth-order valence-corrected chi connectivity index (χ4v) is 2.62. The van der Waals surface area contributed by atoms with Crippen LogP contribution in [0, 0.1) is 0 Å². The van der Waals surface area contributed by atoms with E-state index in [9.17, 15) is 22.4 Å². The van der Waals surface area contributed by atoms with Crippen molar-refractivity contribution < 1.29 is 27.1 Å². The third-order valence-electron chi connectivity index (χ3n) is 2.61. The van der Waals surface area contributed by atoms with Gasteiger partial charge in [-0.2, -0.15) is 13.2 Å². The van der Waals surface area contributed by atoms with Crippen molar-refractivity contribution in [3.63, 3.8) is 0 Å². The number of halogens is 4. The van der Waals surface area contributed by atoms with Crippen molar-refractivity contribution >= 4 is 28.6 Å². The summed E-state index contributed by atoms with van der Waals surface area (Å²) >= 11 is -0.231. The normalized spacial score (nSPS) is 15.1. The van der Waals surface area contributed by atoms with Crippen molar-refractivity contribution in [1.82, 2.24) is 4.98 Å². The number of methoxy groups -OCH3 is 1. The molecule has 0 radical (unpaired) electrons. The van der Waals surface area contributed by atoms with Crippen molar-refractivity contribution in [3.8, 4) is 0 Å². The number of esters is 1. The van der Waals surface area contributed by atoms with Crippen molar-refractivity contribution in [2.24, 2.45) is 0 Å². The first-order chi connectivity index (χ1) is 9.29. The highest BCUT2D eigenvalue weighted by Crippen LogP contribution is 2.48. The van der Waals surface area contributed by atoms with Crippen molar-refractivity contribution in [2.75, 3.05) is 7.11 Å². The number of benzene rings is 1. The summed E-state index contributed by atoms with van der Waals surface area (Å²) in [7, 11) is 0.707. The van der Waals surface area contributed by atoms with E-state index >= 15 is 0 Å². The van der Waals surface area contributed by atoms with E-state index in [4.69, 9.17) is 0 Å². The molecular formula is C12H9F4NO2S. The second-order valence-electron chi connectivity index (χ2n) is 3.89. The lowest BCUT2D eigenvalue weighted by atomic mass is 10.2. The van der Waals surface area contributed by atoms with E-state index in [0.29, 0.717) is 18.0 Å². The van der Waals surface area contributed by atoms with Gasteiger partial charge in [0.2, 0.25) is 0 Å². The Balaban J connectivity index is 2.45. The van der Waals surface area contributed by atoms with E-state index in [1.54, 1.807) is 18.2 Å². The smallest absolute Gasteiger partial charge is 0.443 e. The van der Waals surface area contributed by atoms with E-state index in [1.807, 2.05) is 0 Å². The van der Waals surface area contributed by atoms with E-state index in [0.717, 1.165) is 0 Å². The summed E-state index contributed by atoms with van der Waals surface area (Å²) in [6, 6.07) is 6.44. The maximum Gasteiger partial charge on any atom is 0.443 e. The van der Waals surface area contributed by atoms with Gasteiger partial charge in [-0.3, -0.25) is 0 Å². The average molecular weight is 307 g/mol. The number of aromatic amines is 1. The van der Waals surface area contributed by atoms with Gasteiger partial charge < -0.3 is 9.72 Å². The predicted octanol–water partition coefficient (Wildman–Crippen LogP) is 3.66. The quantitative estimate of drug-likeness (QED) is 0.534. The van der Waals surface area contributed by atoms with Crippen molar-refractivity contribution in [1.29, 1.82) is 0 Å². The molecule has 1 atom stereocenters. The fourth-order valence-electron chi connectivity index (χ4n) is 1.63. The van der Waals surface area contributed by atoms with E-state index < -0.39 is 17.1 Å². The lowest BCUT2D eigenvalue weighted by Crippen LogP contribution is -2.45. The fraction of sp³-hybridized carbons (Fsp3) is 0.250. The molecule has 3 nitrogen and oxygen atoms in total. The number of carbonyl (C=O) groups is 1. The Morgan fingerprint density at radius 2 is 1.90 bits per heavy atom. The van der Waals surface area contributed by atoms with Gasteiger partial charge in [0.1, 0.15) is 0 Å². The number of rotatable bonds is 3. The Bertz CT molecular complexity index is 640. The predicted molar refractivity (Wildman–Crippen MR) is 66.1 cm³/mol. The highest BCUT2D eigenvalue weighted by Gasteiger charge is 2.64. The molecule has 0 amide bonds. The molecule has 0 unspecified atom stereocenters. The van der Waals surface area contributed by atoms with Crippen LogP contribution in [-0.2, 0) is 9.53 Å². The van der Waals surface area contributed by atoms with Crippen LogP contribution in [0.4, 0.5) is 17.6 Å². The molecule has 0 saturated heterocycles. The third-order valence-corrected chi connectivity index (χ3v) is 3.85. The molecular weight excluding hydrogens is 298 g/mol. The third kappa shape index (κ3) is 2.35. The number of carbonyl (C=O) groups excluding carboxylic acids is 1. The minimum absolute atomic E-state index is 0.0224. The molecule has 0 fully saturated rings. The van der Waals surface area contributed by atoms with Gasteiger partial charge in [-0.25, -0.2) is 9.18 Å². The van der Waals surface area contributed by atoms with Crippen LogP contribution in [0.15, 0.2) is 35.4 Å². The van der Waals surface area contributed by atoms with Crippen LogP contribution >= 0.6 is 11.8 Å². The van der Waals surface area contributed by atoms with Gasteiger partial charge in [-0.05, 0) is 6.07 Å². The molecule has 108 valence electrons. The van der Waals surface area contributed by atoms with Gasteiger partial charge in [0.15, 0.2) is 0 Å². The lowest BCUT2D eigenvalue weighted by Gasteiger charge is -2.24. The number of alkyl halides is 4. The first-order valence-electron chi connectivity index (χ1n) is 5.39. The average Bonchev–Trinajstić information content (AvgIpc) is 2.80. The SMILES string of the molecule is COC(=O)[C@](F)(Sc1c[nH]c2ccccc12)C(F)(F)F. The molecule has 1 heterocycles. The molecule has 0 aliphatic rings. The number of fused-ring (bicyclic) bond motifs is 1. The first-order valence-corrected chi connectivity index (χ1v) is 6.20. The topological polar surface area (TPSA) is 42.1 Å².